The first kappa shape index (κ1) is 26.1. The number of nitrogens with one attached hydrogen (secondary N) is 3. The highest BCUT2D eigenvalue weighted by Gasteiger charge is 2.22. The van der Waals surface area contributed by atoms with E-state index in [1.807, 2.05) is 6.26 Å². The standard InChI is InChI=1S/C26H27N3O4S2/c1-4-15-27-26(31)21-7-5-6-8-22(21)29-25(30)17-28-23-14-9-18(2)16-24(23)35(32,33)20-12-10-19(34-3)11-13-20/h4-14,16,28H,1,15,17H2,2-3H3,(H,27,31)(H,29,30). The Hall–Kier alpha value is -3.56. The molecule has 0 spiro atoms. The lowest BCUT2D eigenvalue weighted by molar-refractivity contribution is -0.114. The summed E-state index contributed by atoms with van der Waals surface area (Å²) in [6.07, 6.45) is 3.48. The van der Waals surface area contributed by atoms with Gasteiger partial charge in [-0.3, -0.25) is 9.59 Å². The maximum absolute atomic E-state index is 13.3. The second kappa shape index (κ2) is 11.7. The van der Waals surface area contributed by atoms with Crippen LogP contribution in [0.3, 0.4) is 0 Å². The van der Waals surface area contributed by atoms with Gasteiger partial charge in [-0.05, 0) is 67.3 Å². The van der Waals surface area contributed by atoms with Gasteiger partial charge >= 0.3 is 0 Å². The van der Waals surface area contributed by atoms with Crippen molar-refractivity contribution in [1.82, 2.24) is 5.32 Å². The molecular weight excluding hydrogens is 482 g/mol. The molecule has 0 atom stereocenters. The van der Waals surface area contributed by atoms with E-state index in [4.69, 9.17) is 0 Å². The summed E-state index contributed by atoms with van der Waals surface area (Å²) >= 11 is 1.53. The van der Waals surface area contributed by atoms with Crippen LogP contribution in [0.1, 0.15) is 15.9 Å². The van der Waals surface area contributed by atoms with Crippen molar-refractivity contribution in [3.63, 3.8) is 0 Å². The van der Waals surface area contributed by atoms with Crippen LogP contribution in [0.2, 0.25) is 0 Å². The zero-order valence-corrected chi connectivity index (χ0v) is 21.1. The third kappa shape index (κ3) is 6.52. The minimum atomic E-state index is -3.82. The Morgan fingerprint density at radius 3 is 2.40 bits per heavy atom. The van der Waals surface area contributed by atoms with E-state index < -0.39 is 15.7 Å². The fraction of sp³-hybridized carbons (Fsp3) is 0.154. The Morgan fingerprint density at radius 2 is 1.71 bits per heavy atom. The van der Waals surface area contributed by atoms with Crippen LogP contribution < -0.4 is 16.0 Å². The van der Waals surface area contributed by atoms with E-state index in [0.717, 1.165) is 10.5 Å². The lowest BCUT2D eigenvalue weighted by Crippen LogP contribution is -2.27. The van der Waals surface area contributed by atoms with Crippen LogP contribution in [0.15, 0.2) is 94.1 Å². The lowest BCUT2D eigenvalue weighted by Gasteiger charge is -2.15. The second-order valence-electron chi connectivity index (χ2n) is 7.62. The van der Waals surface area contributed by atoms with Gasteiger partial charge in [-0.15, -0.1) is 18.3 Å². The molecule has 9 heteroatoms. The van der Waals surface area contributed by atoms with Crippen LogP contribution in [-0.2, 0) is 14.6 Å². The molecule has 0 unspecified atom stereocenters. The van der Waals surface area contributed by atoms with Crippen LogP contribution in [0, 0.1) is 6.92 Å². The van der Waals surface area contributed by atoms with E-state index in [1.165, 1.54) is 11.8 Å². The number of carbonyl (C=O) groups excluding carboxylic acids is 2. The number of thioether (sulfide) groups is 1. The largest absolute Gasteiger partial charge is 0.375 e. The molecule has 0 saturated carbocycles. The molecule has 3 N–H and O–H groups in total. The topological polar surface area (TPSA) is 104 Å². The van der Waals surface area contributed by atoms with Crippen LogP contribution in [0.25, 0.3) is 0 Å². The highest BCUT2D eigenvalue weighted by molar-refractivity contribution is 7.98. The van der Waals surface area contributed by atoms with Crippen molar-refractivity contribution in [3.05, 3.63) is 90.5 Å². The molecule has 0 saturated heterocycles. The number of para-hydroxylation sites is 1. The maximum Gasteiger partial charge on any atom is 0.253 e. The number of sulfone groups is 1. The predicted octanol–water partition coefficient (Wildman–Crippen LogP) is 4.52. The number of hydrogen-bond donors (Lipinski definition) is 3. The summed E-state index contributed by atoms with van der Waals surface area (Å²) in [7, 11) is -3.82. The molecule has 0 heterocycles. The molecule has 0 aromatic heterocycles. The summed E-state index contributed by atoms with van der Waals surface area (Å²) in [5.74, 6) is -0.768. The van der Waals surface area contributed by atoms with E-state index in [0.29, 0.717) is 23.5 Å². The quantitative estimate of drug-likeness (QED) is 0.274. The van der Waals surface area contributed by atoms with Crippen LogP contribution in [-0.4, -0.2) is 39.6 Å². The van der Waals surface area contributed by atoms with E-state index >= 15 is 0 Å². The molecule has 2 amide bonds. The van der Waals surface area contributed by atoms with Crippen LogP contribution in [0.4, 0.5) is 11.4 Å². The number of rotatable bonds is 10. The fourth-order valence-electron chi connectivity index (χ4n) is 3.30. The Morgan fingerprint density at radius 1 is 1.00 bits per heavy atom. The highest BCUT2D eigenvalue weighted by Crippen LogP contribution is 2.30. The van der Waals surface area contributed by atoms with Gasteiger partial charge in [0.2, 0.25) is 15.7 Å². The average molecular weight is 510 g/mol. The van der Waals surface area contributed by atoms with Gasteiger partial charge in [0.1, 0.15) is 0 Å². The van der Waals surface area contributed by atoms with Gasteiger partial charge in [0.25, 0.3) is 5.91 Å². The summed E-state index contributed by atoms with van der Waals surface area (Å²) in [6, 6.07) is 18.3. The highest BCUT2D eigenvalue weighted by atomic mass is 32.2. The first-order valence-corrected chi connectivity index (χ1v) is 13.5. The zero-order valence-electron chi connectivity index (χ0n) is 19.5. The van der Waals surface area contributed by atoms with Crippen LogP contribution in [0.5, 0.6) is 0 Å². The SMILES string of the molecule is C=CCNC(=O)c1ccccc1NC(=O)CNc1ccc(C)cc1S(=O)(=O)c1ccc(SC)cc1. The van der Waals surface area contributed by atoms with E-state index in [1.54, 1.807) is 79.7 Å². The number of anilines is 2. The Labute approximate surface area is 209 Å². The summed E-state index contributed by atoms with van der Waals surface area (Å²) < 4.78 is 26.7. The van der Waals surface area contributed by atoms with E-state index in [9.17, 15) is 18.0 Å². The molecule has 35 heavy (non-hydrogen) atoms. The molecule has 3 aromatic carbocycles. The van der Waals surface area contributed by atoms with Crippen molar-refractivity contribution in [2.45, 2.75) is 21.6 Å². The molecule has 182 valence electrons. The van der Waals surface area contributed by atoms with Gasteiger partial charge in [-0.1, -0.05) is 24.3 Å². The third-order valence-corrected chi connectivity index (χ3v) is 7.64. The smallest absolute Gasteiger partial charge is 0.253 e. The molecule has 3 aromatic rings. The first-order valence-electron chi connectivity index (χ1n) is 10.8. The minimum absolute atomic E-state index is 0.0893. The molecule has 0 aliphatic heterocycles. The lowest BCUT2D eigenvalue weighted by atomic mass is 10.1. The predicted molar refractivity (Wildman–Crippen MR) is 141 cm³/mol. The van der Waals surface area contributed by atoms with E-state index in [-0.39, 0.29) is 22.2 Å². The summed E-state index contributed by atoms with van der Waals surface area (Å²) in [4.78, 5) is 26.2. The van der Waals surface area contributed by atoms with Crippen LogP contribution >= 0.6 is 11.8 Å². The van der Waals surface area contributed by atoms with Gasteiger partial charge < -0.3 is 16.0 Å². The molecule has 7 nitrogen and oxygen atoms in total. The van der Waals surface area contributed by atoms with E-state index in [2.05, 4.69) is 22.5 Å². The summed E-state index contributed by atoms with van der Waals surface area (Å²) in [6.45, 7) is 5.48. The number of carbonyl (C=O) groups is 2. The first-order chi connectivity index (χ1) is 16.8. The third-order valence-electron chi connectivity index (χ3n) is 5.09. The van der Waals surface area contributed by atoms with Crippen molar-refractivity contribution in [2.24, 2.45) is 0 Å². The van der Waals surface area contributed by atoms with Gasteiger partial charge in [0.15, 0.2) is 0 Å². The van der Waals surface area contributed by atoms with Crippen molar-refractivity contribution >= 4 is 44.8 Å². The molecular formula is C26H27N3O4S2. The molecule has 0 radical (unpaired) electrons. The van der Waals surface area contributed by atoms with Gasteiger partial charge in [-0.2, -0.15) is 0 Å². The minimum Gasteiger partial charge on any atom is -0.375 e. The molecule has 0 aliphatic rings. The van der Waals surface area contributed by atoms with Crippen molar-refractivity contribution < 1.29 is 18.0 Å². The van der Waals surface area contributed by atoms with Gasteiger partial charge in [-0.25, -0.2) is 8.42 Å². The van der Waals surface area contributed by atoms with Crippen molar-refractivity contribution in [2.75, 3.05) is 30.0 Å². The average Bonchev–Trinajstić information content (AvgIpc) is 2.86. The molecule has 0 aliphatic carbocycles. The zero-order chi connectivity index (χ0) is 25.4. The number of amides is 2. The fourth-order valence-corrected chi connectivity index (χ4v) is 5.23. The second-order valence-corrected chi connectivity index (χ2v) is 10.4. The van der Waals surface area contributed by atoms with Gasteiger partial charge in [0, 0.05) is 11.4 Å². The molecule has 0 bridgehead atoms. The Bertz CT molecular complexity index is 1340. The molecule has 0 fully saturated rings. The van der Waals surface area contributed by atoms with Crippen molar-refractivity contribution in [1.29, 1.82) is 0 Å². The maximum atomic E-state index is 13.3. The monoisotopic (exact) mass is 509 g/mol. The summed E-state index contributed by atoms with van der Waals surface area (Å²) in [5, 5.41) is 8.33. The van der Waals surface area contributed by atoms with Crippen molar-refractivity contribution in [3.8, 4) is 0 Å². The molecule has 3 rings (SSSR count). The number of benzene rings is 3. The summed E-state index contributed by atoms with van der Waals surface area (Å²) in [5.41, 5.74) is 1.76. The number of hydrogen-bond acceptors (Lipinski definition) is 6. The van der Waals surface area contributed by atoms with Gasteiger partial charge in [0.05, 0.1) is 33.3 Å². The normalized spacial score (nSPS) is 10.9. The Kier molecular flexibility index (Phi) is 8.73. The number of aryl methyl sites for hydroxylation is 1. The Balaban J connectivity index is 1.78.